The fourth-order valence-electron chi connectivity index (χ4n) is 3.84. The van der Waals surface area contributed by atoms with Crippen molar-refractivity contribution < 1.29 is 13.0 Å². The van der Waals surface area contributed by atoms with Crippen LogP contribution in [0, 0.1) is 0 Å². The summed E-state index contributed by atoms with van der Waals surface area (Å²) in [6.45, 7) is 0. The largest absolute Gasteiger partial charge is 0.223 e. The molecule has 0 fully saturated rings. The number of hydrogen-bond donors (Lipinski definition) is 0. The molecule has 0 bridgehead atoms. The summed E-state index contributed by atoms with van der Waals surface area (Å²) in [5.74, 6) is 0. The SMILES string of the molecule is C[n+]1c2c3c(cccc3c3ccccc31)S(=O)(=O)c1ccccc1-2. The Morgan fingerprint density at radius 1 is 0.750 bits per heavy atom. The monoisotopic (exact) mass is 332 g/mol. The number of rotatable bonds is 0. The van der Waals surface area contributed by atoms with Crippen LogP contribution in [0.2, 0.25) is 0 Å². The van der Waals surface area contributed by atoms with Crippen LogP contribution in [0.3, 0.4) is 0 Å². The third-order valence-corrected chi connectivity index (χ3v) is 6.73. The van der Waals surface area contributed by atoms with Crippen molar-refractivity contribution in [3.8, 4) is 11.3 Å². The molecule has 0 unspecified atom stereocenters. The summed E-state index contributed by atoms with van der Waals surface area (Å²) in [6, 6.07) is 20.9. The highest BCUT2D eigenvalue weighted by atomic mass is 32.2. The standard InChI is InChI=1S/C20H14NO2S/c1-21-16-10-4-2-7-13(16)14-9-6-12-18-19(14)20(21)15-8-3-5-11-17(15)24(18,22)23/h2-12H,1H3/q+1. The van der Waals surface area contributed by atoms with Crippen LogP contribution in [0.1, 0.15) is 0 Å². The van der Waals surface area contributed by atoms with Crippen molar-refractivity contribution in [2.75, 3.05) is 0 Å². The van der Waals surface area contributed by atoms with Gasteiger partial charge in [0.25, 0.3) is 0 Å². The van der Waals surface area contributed by atoms with Crippen LogP contribution < -0.4 is 4.57 Å². The van der Waals surface area contributed by atoms with Crippen molar-refractivity contribution >= 4 is 31.5 Å². The molecule has 0 radical (unpaired) electrons. The molecule has 24 heavy (non-hydrogen) atoms. The second-order valence-corrected chi connectivity index (χ2v) is 7.99. The maximum absolute atomic E-state index is 13.1. The van der Waals surface area contributed by atoms with Gasteiger partial charge in [0, 0.05) is 11.5 Å². The van der Waals surface area contributed by atoms with E-state index in [0.29, 0.717) is 9.79 Å². The van der Waals surface area contributed by atoms with Gasteiger partial charge >= 0.3 is 0 Å². The van der Waals surface area contributed by atoms with Gasteiger partial charge in [-0.3, -0.25) is 0 Å². The lowest BCUT2D eigenvalue weighted by Crippen LogP contribution is -2.34. The normalized spacial score (nSPS) is 14.7. The minimum Gasteiger partial charge on any atom is -0.218 e. The van der Waals surface area contributed by atoms with Gasteiger partial charge in [-0.05, 0) is 24.3 Å². The third kappa shape index (κ3) is 1.51. The molecule has 4 heteroatoms. The van der Waals surface area contributed by atoms with Crippen LogP contribution in [-0.2, 0) is 16.9 Å². The lowest BCUT2D eigenvalue weighted by atomic mass is 9.98. The molecule has 5 rings (SSSR count). The zero-order valence-electron chi connectivity index (χ0n) is 13.0. The third-order valence-electron chi connectivity index (χ3n) is 4.88. The lowest BCUT2D eigenvalue weighted by Gasteiger charge is -2.19. The Bertz CT molecular complexity index is 1270. The van der Waals surface area contributed by atoms with Crippen molar-refractivity contribution in [1.29, 1.82) is 0 Å². The Morgan fingerprint density at radius 3 is 2.29 bits per heavy atom. The molecule has 0 saturated heterocycles. The zero-order valence-corrected chi connectivity index (χ0v) is 13.8. The van der Waals surface area contributed by atoms with Gasteiger partial charge in [0.1, 0.15) is 7.05 Å². The van der Waals surface area contributed by atoms with Crippen molar-refractivity contribution in [2.45, 2.75) is 9.79 Å². The molecule has 0 amide bonds. The fourth-order valence-corrected chi connectivity index (χ4v) is 5.52. The second kappa shape index (κ2) is 4.42. The van der Waals surface area contributed by atoms with Gasteiger partial charge < -0.3 is 0 Å². The highest BCUT2D eigenvalue weighted by molar-refractivity contribution is 7.92. The second-order valence-electron chi connectivity index (χ2n) is 6.10. The van der Waals surface area contributed by atoms with E-state index in [1.165, 1.54) is 0 Å². The molecule has 3 aromatic carbocycles. The number of fused-ring (bicyclic) bond motifs is 4. The molecule has 0 aliphatic carbocycles. The van der Waals surface area contributed by atoms with Crippen molar-refractivity contribution in [2.24, 2.45) is 7.05 Å². The molecule has 0 N–H and O–H groups in total. The van der Waals surface area contributed by atoms with E-state index in [-0.39, 0.29) is 0 Å². The molecule has 2 heterocycles. The van der Waals surface area contributed by atoms with E-state index in [4.69, 9.17) is 0 Å². The molecule has 4 aromatic rings. The molecule has 116 valence electrons. The van der Waals surface area contributed by atoms with Crippen LogP contribution in [0.5, 0.6) is 0 Å². The number of aryl methyl sites for hydroxylation is 1. The first kappa shape index (κ1) is 13.7. The van der Waals surface area contributed by atoms with E-state index in [2.05, 4.69) is 10.6 Å². The lowest BCUT2D eigenvalue weighted by molar-refractivity contribution is -0.632. The van der Waals surface area contributed by atoms with Gasteiger partial charge in [-0.25, -0.2) is 8.42 Å². The average molecular weight is 332 g/mol. The molecule has 3 nitrogen and oxygen atoms in total. The molecule has 1 aliphatic heterocycles. The number of aromatic nitrogens is 1. The van der Waals surface area contributed by atoms with Crippen molar-refractivity contribution in [1.82, 2.24) is 0 Å². The summed E-state index contributed by atoms with van der Waals surface area (Å²) in [5, 5.41) is 2.86. The maximum Gasteiger partial charge on any atom is 0.223 e. The van der Waals surface area contributed by atoms with Crippen LogP contribution in [0.25, 0.3) is 32.9 Å². The van der Waals surface area contributed by atoms with Gasteiger partial charge in [0.2, 0.25) is 21.0 Å². The number of benzene rings is 3. The molecular formula is C20H14NO2S+. The molecule has 0 atom stereocenters. The van der Waals surface area contributed by atoms with E-state index in [1.807, 2.05) is 49.5 Å². The van der Waals surface area contributed by atoms with Crippen LogP contribution in [0.4, 0.5) is 0 Å². The summed E-state index contributed by atoms with van der Waals surface area (Å²) < 4.78 is 28.3. The van der Waals surface area contributed by atoms with E-state index >= 15 is 0 Å². The minimum absolute atomic E-state index is 0.385. The van der Waals surface area contributed by atoms with Gasteiger partial charge in [-0.15, -0.1) is 0 Å². The number of pyridine rings is 1. The van der Waals surface area contributed by atoms with E-state index in [9.17, 15) is 8.42 Å². The highest BCUT2D eigenvalue weighted by Crippen LogP contribution is 2.43. The van der Waals surface area contributed by atoms with Crippen molar-refractivity contribution in [3.05, 3.63) is 66.7 Å². The van der Waals surface area contributed by atoms with E-state index in [1.54, 1.807) is 18.2 Å². The van der Waals surface area contributed by atoms with Crippen LogP contribution in [0.15, 0.2) is 76.5 Å². The first-order valence-electron chi connectivity index (χ1n) is 7.78. The summed E-state index contributed by atoms with van der Waals surface area (Å²) in [6.07, 6.45) is 0. The Hall–Kier alpha value is -2.72. The number of hydrogen-bond acceptors (Lipinski definition) is 2. The van der Waals surface area contributed by atoms with Gasteiger partial charge in [-0.2, -0.15) is 4.57 Å². The quantitative estimate of drug-likeness (QED) is 0.321. The first-order valence-corrected chi connectivity index (χ1v) is 9.27. The molecular weight excluding hydrogens is 318 g/mol. The topological polar surface area (TPSA) is 38.0 Å². The molecule has 1 aromatic heterocycles. The Kier molecular flexibility index (Phi) is 2.52. The average Bonchev–Trinajstić information content (AvgIpc) is 2.61. The first-order chi connectivity index (χ1) is 11.6. The molecule has 0 spiro atoms. The Labute approximate surface area is 139 Å². The predicted octanol–water partition coefficient (Wildman–Crippen LogP) is 3.63. The Balaban J connectivity index is 2.20. The highest BCUT2D eigenvalue weighted by Gasteiger charge is 2.36. The maximum atomic E-state index is 13.1. The number of sulfone groups is 1. The van der Waals surface area contributed by atoms with E-state index in [0.717, 1.165) is 32.9 Å². The Morgan fingerprint density at radius 2 is 1.42 bits per heavy atom. The van der Waals surface area contributed by atoms with Gasteiger partial charge in [0.15, 0.2) is 0 Å². The summed E-state index contributed by atoms with van der Waals surface area (Å²) >= 11 is 0. The molecule has 1 aliphatic rings. The van der Waals surface area contributed by atoms with Crippen LogP contribution >= 0.6 is 0 Å². The number of para-hydroxylation sites is 1. The zero-order chi connectivity index (χ0) is 16.5. The van der Waals surface area contributed by atoms with Gasteiger partial charge in [0.05, 0.1) is 26.1 Å². The smallest absolute Gasteiger partial charge is 0.218 e. The number of nitrogens with zero attached hydrogens (tertiary/aromatic N) is 1. The fraction of sp³-hybridized carbons (Fsp3) is 0.0500. The minimum atomic E-state index is -3.51. The summed E-state index contributed by atoms with van der Waals surface area (Å²) in [5.41, 5.74) is 2.82. The van der Waals surface area contributed by atoms with Crippen LogP contribution in [-0.4, -0.2) is 8.42 Å². The summed E-state index contributed by atoms with van der Waals surface area (Å²) in [4.78, 5) is 0.783. The van der Waals surface area contributed by atoms with Gasteiger partial charge in [-0.1, -0.05) is 36.4 Å². The molecule has 0 saturated carbocycles. The van der Waals surface area contributed by atoms with Crippen molar-refractivity contribution in [3.63, 3.8) is 0 Å². The van der Waals surface area contributed by atoms with E-state index < -0.39 is 9.84 Å². The summed E-state index contributed by atoms with van der Waals surface area (Å²) in [7, 11) is -1.50. The predicted molar refractivity (Wildman–Crippen MR) is 93.5 cm³/mol.